The molecule has 1 saturated carbocycles. The highest BCUT2D eigenvalue weighted by Gasteiger charge is 2.36. The molecule has 0 amide bonds. The molecule has 0 atom stereocenters. The van der Waals surface area contributed by atoms with Crippen LogP contribution < -0.4 is 0 Å². The summed E-state index contributed by atoms with van der Waals surface area (Å²) in [5, 5.41) is 0. The number of hydrogen-bond acceptors (Lipinski definition) is 4. The van der Waals surface area contributed by atoms with Crippen molar-refractivity contribution in [2.75, 3.05) is 27.2 Å². The fraction of sp³-hybridized carbons (Fsp3) is 0.722. The van der Waals surface area contributed by atoms with Gasteiger partial charge in [-0.1, -0.05) is 12.8 Å². The summed E-state index contributed by atoms with van der Waals surface area (Å²) in [6.07, 6.45) is 9.69. The normalized spacial score (nSPS) is 21.4. The second-order valence-electron chi connectivity index (χ2n) is 7.34. The zero-order valence-electron chi connectivity index (χ0n) is 15.3. The van der Waals surface area contributed by atoms with Gasteiger partial charge in [0.15, 0.2) is 0 Å². The molecule has 2 heterocycles. The maximum atomic E-state index is 12.9. The Morgan fingerprint density at radius 3 is 2.08 bits per heavy atom. The van der Waals surface area contributed by atoms with E-state index in [9.17, 15) is 8.42 Å². The third-order valence-corrected chi connectivity index (χ3v) is 7.85. The van der Waals surface area contributed by atoms with E-state index in [1.807, 2.05) is 24.5 Å². The van der Waals surface area contributed by atoms with Gasteiger partial charge in [0, 0.05) is 58.2 Å². The van der Waals surface area contributed by atoms with E-state index in [1.165, 1.54) is 5.56 Å². The highest BCUT2D eigenvalue weighted by Crippen LogP contribution is 2.27. The molecule has 1 saturated heterocycles. The van der Waals surface area contributed by atoms with Crippen LogP contribution in [0, 0.1) is 0 Å². The Hall–Kier alpha value is -1.02. The minimum atomic E-state index is -3.36. The van der Waals surface area contributed by atoms with Crippen LogP contribution in [-0.2, 0) is 16.8 Å². The molecule has 3 rings (SSSR count). The summed E-state index contributed by atoms with van der Waals surface area (Å²) < 4.78 is 29.1. The molecule has 2 aliphatic rings. The number of likely N-dealkylation sites (tertiary alicyclic amines) is 1. The summed E-state index contributed by atoms with van der Waals surface area (Å²) in [5.74, 6) is 0. The van der Waals surface area contributed by atoms with E-state index in [0.717, 1.165) is 58.2 Å². The van der Waals surface area contributed by atoms with Crippen molar-refractivity contribution < 1.29 is 8.42 Å². The quantitative estimate of drug-likeness (QED) is 0.774. The molecular weight excluding hydrogens is 336 g/mol. The van der Waals surface area contributed by atoms with Crippen LogP contribution in [0.2, 0.25) is 0 Å². The predicted octanol–water partition coefficient (Wildman–Crippen LogP) is 2.10. The summed E-state index contributed by atoms with van der Waals surface area (Å²) in [6.45, 7) is 2.77. The van der Waals surface area contributed by atoms with Crippen molar-refractivity contribution in [3.05, 3.63) is 30.1 Å². The molecule has 140 valence electrons. The van der Waals surface area contributed by atoms with Gasteiger partial charge in [-0.15, -0.1) is 0 Å². The lowest BCUT2D eigenvalue weighted by atomic mass is 10.0. The van der Waals surface area contributed by atoms with Gasteiger partial charge in [-0.05, 0) is 43.4 Å². The lowest BCUT2D eigenvalue weighted by Crippen LogP contribution is -2.51. The zero-order chi connectivity index (χ0) is 17.9. The van der Waals surface area contributed by atoms with Crippen molar-refractivity contribution in [2.24, 2.45) is 0 Å². The molecule has 0 radical (unpaired) electrons. The van der Waals surface area contributed by atoms with E-state index in [-0.39, 0.29) is 12.1 Å². The Balaban J connectivity index is 1.54. The van der Waals surface area contributed by atoms with Crippen LogP contribution in [0.4, 0.5) is 0 Å². The van der Waals surface area contributed by atoms with Gasteiger partial charge in [-0.3, -0.25) is 9.88 Å². The van der Waals surface area contributed by atoms with Gasteiger partial charge < -0.3 is 0 Å². The van der Waals surface area contributed by atoms with Crippen LogP contribution in [0.15, 0.2) is 24.5 Å². The SMILES string of the molecule is CN(C1CCCC1)S(=O)(=O)N(C)C1CCN(Cc2ccncc2)CC1. The van der Waals surface area contributed by atoms with Gasteiger partial charge in [-0.2, -0.15) is 17.0 Å². The Bertz CT molecular complexity index is 638. The Morgan fingerprint density at radius 2 is 1.52 bits per heavy atom. The number of piperidine rings is 1. The lowest BCUT2D eigenvalue weighted by Gasteiger charge is -2.38. The standard InChI is InChI=1S/C18H30N4O2S/c1-20(17-5-3-4-6-17)25(23,24)21(2)18-9-13-22(14-10-18)15-16-7-11-19-12-8-16/h7-8,11-12,17-18H,3-6,9-10,13-15H2,1-2H3. The zero-order valence-corrected chi connectivity index (χ0v) is 16.2. The van der Waals surface area contributed by atoms with E-state index in [0.29, 0.717) is 0 Å². The van der Waals surface area contributed by atoms with Crippen molar-refractivity contribution in [1.82, 2.24) is 18.5 Å². The molecule has 25 heavy (non-hydrogen) atoms. The first-order valence-corrected chi connectivity index (χ1v) is 10.7. The highest BCUT2D eigenvalue weighted by atomic mass is 32.2. The number of pyridine rings is 1. The molecule has 1 aliphatic heterocycles. The molecule has 2 fully saturated rings. The summed E-state index contributed by atoms with van der Waals surface area (Å²) in [4.78, 5) is 6.45. The molecule has 0 N–H and O–H groups in total. The largest absolute Gasteiger partial charge is 0.299 e. The van der Waals surface area contributed by atoms with Crippen LogP contribution in [0.1, 0.15) is 44.1 Å². The first kappa shape index (κ1) is 18.8. The van der Waals surface area contributed by atoms with Gasteiger partial charge in [0.2, 0.25) is 0 Å². The third kappa shape index (κ3) is 4.39. The smallest absolute Gasteiger partial charge is 0.281 e. The van der Waals surface area contributed by atoms with Gasteiger partial charge >= 0.3 is 0 Å². The maximum absolute atomic E-state index is 12.9. The number of rotatable bonds is 6. The number of aromatic nitrogens is 1. The van der Waals surface area contributed by atoms with Crippen molar-refractivity contribution in [1.29, 1.82) is 0 Å². The second kappa shape index (κ2) is 8.12. The molecular formula is C18H30N4O2S. The minimum absolute atomic E-state index is 0.0996. The topological polar surface area (TPSA) is 56.8 Å². The molecule has 0 spiro atoms. The van der Waals surface area contributed by atoms with E-state index in [4.69, 9.17) is 0 Å². The lowest BCUT2D eigenvalue weighted by molar-refractivity contribution is 0.159. The van der Waals surface area contributed by atoms with Crippen LogP contribution in [0.5, 0.6) is 0 Å². The Morgan fingerprint density at radius 1 is 1.00 bits per heavy atom. The van der Waals surface area contributed by atoms with Gasteiger partial charge in [0.05, 0.1) is 0 Å². The molecule has 6 nitrogen and oxygen atoms in total. The minimum Gasteiger partial charge on any atom is -0.299 e. The van der Waals surface area contributed by atoms with Gasteiger partial charge in [0.25, 0.3) is 10.2 Å². The fourth-order valence-corrected chi connectivity index (χ4v) is 5.62. The summed E-state index contributed by atoms with van der Waals surface area (Å²) in [6, 6.07) is 4.36. The maximum Gasteiger partial charge on any atom is 0.281 e. The van der Waals surface area contributed by atoms with Crippen molar-refractivity contribution >= 4 is 10.2 Å². The summed E-state index contributed by atoms with van der Waals surface area (Å²) in [5.41, 5.74) is 1.26. The molecule has 1 aromatic rings. The van der Waals surface area contributed by atoms with Crippen LogP contribution in [0.3, 0.4) is 0 Å². The first-order chi connectivity index (χ1) is 12.0. The molecule has 0 unspecified atom stereocenters. The highest BCUT2D eigenvalue weighted by molar-refractivity contribution is 7.86. The van der Waals surface area contributed by atoms with Crippen molar-refractivity contribution in [3.8, 4) is 0 Å². The first-order valence-electron chi connectivity index (χ1n) is 9.30. The Labute approximate surface area is 152 Å². The van der Waals surface area contributed by atoms with Crippen LogP contribution >= 0.6 is 0 Å². The van der Waals surface area contributed by atoms with E-state index in [2.05, 4.69) is 9.88 Å². The van der Waals surface area contributed by atoms with E-state index < -0.39 is 10.2 Å². The Kier molecular flexibility index (Phi) is 6.09. The number of nitrogens with zero attached hydrogens (tertiary/aromatic N) is 4. The monoisotopic (exact) mass is 366 g/mol. The van der Waals surface area contributed by atoms with Crippen LogP contribution in [-0.4, -0.2) is 66.2 Å². The predicted molar refractivity (Wildman–Crippen MR) is 99.2 cm³/mol. The third-order valence-electron chi connectivity index (χ3n) is 5.79. The van der Waals surface area contributed by atoms with Crippen molar-refractivity contribution in [3.63, 3.8) is 0 Å². The van der Waals surface area contributed by atoms with Gasteiger partial charge in [0.1, 0.15) is 0 Å². The average molecular weight is 367 g/mol. The van der Waals surface area contributed by atoms with Crippen molar-refractivity contribution in [2.45, 2.75) is 57.2 Å². The summed E-state index contributed by atoms with van der Waals surface area (Å²) in [7, 11) is 0.146. The van der Waals surface area contributed by atoms with E-state index >= 15 is 0 Å². The molecule has 0 bridgehead atoms. The fourth-order valence-electron chi connectivity index (χ4n) is 4.04. The van der Waals surface area contributed by atoms with Crippen LogP contribution in [0.25, 0.3) is 0 Å². The molecule has 1 aliphatic carbocycles. The average Bonchev–Trinajstić information content (AvgIpc) is 3.16. The molecule has 0 aromatic carbocycles. The van der Waals surface area contributed by atoms with Gasteiger partial charge in [-0.25, -0.2) is 0 Å². The molecule has 1 aromatic heterocycles. The second-order valence-corrected chi connectivity index (χ2v) is 9.39. The van der Waals surface area contributed by atoms with E-state index in [1.54, 1.807) is 22.7 Å². The summed E-state index contributed by atoms with van der Waals surface area (Å²) >= 11 is 0. The molecule has 7 heteroatoms. The number of hydrogen-bond donors (Lipinski definition) is 0.